The Kier molecular flexibility index (Phi) is 5.80. The monoisotopic (exact) mass is 570 g/mol. The Bertz CT molecular complexity index is 1410. The first kappa shape index (κ1) is 24.1. The standard InChI is InChI=1S/2C10H9.2C6H5FO.Zr/c2*1-8-6-7-9-4-2-3-5-10(8)9;2*7-5-1-3-6(8)4-2-5;/h2*2-7H,1H3;2*1-4,8H;/q;;;;+2/p-2. The van der Waals surface area contributed by atoms with Crippen LogP contribution in [-0.2, 0) is 27.4 Å². The van der Waals surface area contributed by atoms with Gasteiger partial charge in [0.15, 0.2) is 0 Å². The summed E-state index contributed by atoms with van der Waals surface area (Å²) in [5, 5.41) is 0. The topological polar surface area (TPSA) is 18.5 Å². The van der Waals surface area contributed by atoms with Gasteiger partial charge in [-0.05, 0) is 0 Å². The van der Waals surface area contributed by atoms with Crippen molar-refractivity contribution >= 4 is 12.2 Å². The minimum absolute atomic E-state index is 0.331. The van der Waals surface area contributed by atoms with E-state index < -0.39 is 27.4 Å². The molecule has 0 radical (unpaired) electrons. The van der Waals surface area contributed by atoms with E-state index in [1.807, 2.05) is 24.3 Å². The molecule has 0 saturated carbocycles. The second kappa shape index (κ2) is 8.92. The molecule has 0 aromatic heterocycles. The Hall–Kier alpha value is -3.30. The van der Waals surface area contributed by atoms with Crippen LogP contribution in [0.5, 0.6) is 11.5 Å². The van der Waals surface area contributed by atoms with Crippen LogP contribution in [0.1, 0.15) is 36.1 Å². The van der Waals surface area contributed by atoms with Crippen LogP contribution in [0.3, 0.4) is 0 Å². The second-order valence-electron chi connectivity index (χ2n) is 9.97. The molecule has 37 heavy (non-hydrogen) atoms. The van der Waals surface area contributed by atoms with E-state index in [4.69, 9.17) is 5.63 Å². The zero-order valence-electron chi connectivity index (χ0n) is 20.6. The van der Waals surface area contributed by atoms with Gasteiger partial charge in [-0.15, -0.1) is 0 Å². The Balaban J connectivity index is 1.65. The normalized spacial score (nSPS) is 21.5. The third-order valence-corrected chi connectivity index (χ3v) is 19.2. The molecule has 2 aliphatic carbocycles. The molecule has 0 saturated heterocycles. The van der Waals surface area contributed by atoms with Gasteiger partial charge < -0.3 is 0 Å². The average molecular weight is 572 g/mol. The molecule has 0 aliphatic heterocycles. The molecule has 5 heteroatoms. The van der Waals surface area contributed by atoms with Crippen molar-refractivity contribution in [2.24, 2.45) is 0 Å². The average Bonchev–Trinajstić information content (AvgIpc) is 3.45. The summed E-state index contributed by atoms with van der Waals surface area (Å²) in [6, 6.07) is 28.9. The van der Waals surface area contributed by atoms with Gasteiger partial charge in [0.2, 0.25) is 0 Å². The molecule has 2 nitrogen and oxygen atoms in total. The van der Waals surface area contributed by atoms with E-state index in [0.717, 1.165) is 22.3 Å². The quantitative estimate of drug-likeness (QED) is 0.232. The zero-order chi connectivity index (χ0) is 25.7. The van der Waals surface area contributed by atoms with Crippen LogP contribution in [-0.4, -0.2) is 0 Å². The zero-order valence-corrected chi connectivity index (χ0v) is 23.1. The van der Waals surface area contributed by atoms with Crippen LogP contribution < -0.4 is 5.63 Å². The van der Waals surface area contributed by atoms with Gasteiger partial charge in [0.05, 0.1) is 0 Å². The van der Waals surface area contributed by atoms with Gasteiger partial charge in [0, 0.05) is 0 Å². The molecule has 6 rings (SSSR count). The second-order valence-corrected chi connectivity index (χ2v) is 19.1. The Labute approximate surface area is 221 Å². The van der Waals surface area contributed by atoms with E-state index >= 15 is 0 Å². The summed E-state index contributed by atoms with van der Waals surface area (Å²) in [5.41, 5.74) is 4.51. The molecule has 0 bridgehead atoms. The molecule has 4 aromatic carbocycles. The Morgan fingerprint density at radius 2 is 0.919 bits per heavy atom. The van der Waals surface area contributed by atoms with Crippen molar-refractivity contribution < 1.29 is 35.6 Å². The summed E-state index contributed by atoms with van der Waals surface area (Å²) in [7, 11) is 0. The summed E-state index contributed by atoms with van der Waals surface area (Å²) in [6.07, 6.45) is 8.69. The first-order valence-electron chi connectivity index (χ1n) is 12.3. The van der Waals surface area contributed by atoms with Crippen LogP contribution in [0.15, 0.2) is 109 Å². The van der Waals surface area contributed by atoms with Crippen LogP contribution in [0.25, 0.3) is 12.2 Å². The number of fused-ring (bicyclic) bond motifs is 2. The molecule has 2 aliphatic rings. The third-order valence-electron chi connectivity index (χ3n) is 7.75. The summed E-state index contributed by atoms with van der Waals surface area (Å²) >= 11 is -4.75. The van der Waals surface area contributed by atoms with E-state index in [9.17, 15) is 8.78 Å². The molecule has 2 unspecified atom stereocenters. The fraction of sp³-hybridized carbons (Fsp3) is 0.125. The van der Waals surface area contributed by atoms with Crippen molar-refractivity contribution in [2.45, 2.75) is 20.1 Å². The predicted octanol–water partition coefficient (Wildman–Crippen LogP) is 8.29. The number of hydrogen-bond donors (Lipinski definition) is 0. The number of rotatable bonds is 6. The fourth-order valence-electron chi connectivity index (χ4n) is 5.82. The molecular weight excluding hydrogens is 546 g/mol. The van der Waals surface area contributed by atoms with Crippen LogP contribution in [0.2, 0.25) is 0 Å². The Morgan fingerprint density at radius 3 is 1.32 bits per heavy atom. The number of halogens is 2. The van der Waals surface area contributed by atoms with Crippen LogP contribution in [0, 0.1) is 11.6 Å². The number of hydrogen-bond acceptors (Lipinski definition) is 2. The van der Waals surface area contributed by atoms with Crippen molar-refractivity contribution in [2.75, 3.05) is 0 Å². The summed E-state index contributed by atoms with van der Waals surface area (Å²) in [6.45, 7) is 4.39. The molecule has 0 fully saturated rings. The van der Waals surface area contributed by atoms with Gasteiger partial charge in [0.25, 0.3) is 0 Å². The van der Waals surface area contributed by atoms with Gasteiger partial charge in [-0.25, -0.2) is 0 Å². The number of benzene rings is 4. The van der Waals surface area contributed by atoms with E-state index in [-0.39, 0.29) is 11.6 Å². The Morgan fingerprint density at radius 1 is 0.541 bits per heavy atom. The molecule has 0 amide bonds. The molecule has 0 N–H and O–H groups in total. The van der Waals surface area contributed by atoms with Crippen LogP contribution >= 0.6 is 0 Å². The van der Waals surface area contributed by atoms with Crippen molar-refractivity contribution in [1.82, 2.24) is 0 Å². The third kappa shape index (κ3) is 3.75. The molecule has 0 heterocycles. The maximum atomic E-state index is 13.9. The summed E-state index contributed by atoms with van der Waals surface area (Å²) in [5.74, 6) is 0.444. The maximum absolute atomic E-state index is 13.9. The SMILES string of the molecule is C[C]1([Zr]([O]c2ccc(F)cc2)([O]c2ccc(F)cc2)[C]2(C)C=Cc3ccccc32)C=Cc2ccccc21. The van der Waals surface area contributed by atoms with Crippen molar-refractivity contribution in [3.05, 3.63) is 143 Å². The first-order chi connectivity index (χ1) is 17.8. The van der Waals surface area contributed by atoms with Gasteiger partial charge in [-0.1, -0.05) is 0 Å². The van der Waals surface area contributed by atoms with Gasteiger partial charge >= 0.3 is 222 Å². The first-order valence-corrected chi connectivity index (χ1v) is 16.8. The molecule has 4 aromatic rings. The van der Waals surface area contributed by atoms with E-state index in [1.165, 1.54) is 24.3 Å². The molecule has 184 valence electrons. The molecule has 0 spiro atoms. The van der Waals surface area contributed by atoms with Crippen molar-refractivity contribution in [1.29, 1.82) is 0 Å². The predicted molar refractivity (Wildman–Crippen MR) is 140 cm³/mol. The van der Waals surface area contributed by atoms with E-state index in [2.05, 4.69) is 62.4 Å². The number of allylic oxidation sites excluding steroid dienone is 2. The molecule has 2 atom stereocenters. The summed E-state index contributed by atoms with van der Waals surface area (Å²) in [4.78, 5) is 0. The van der Waals surface area contributed by atoms with E-state index in [0.29, 0.717) is 11.5 Å². The fourth-order valence-corrected chi connectivity index (χ4v) is 17.3. The summed E-state index contributed by atoms with van der Waals surface area (Å²) < 4.78 is 41.1. The minimum atomic E-state index is -4.75. The van der Waals surface area contributed by atoms with Crippen molar-refractivity contribution in [3.8, 4) is 11.5 Å². The van der Waals surface area contributed by atoms with Gasteiger partial charge in [-0.2, -0.15) is 0 Å². The van der Waals surface area contributed by atoms with Gasteiger partial charge in [0.1, 0.15) is 0 Å². The van der Waals surface area contributed by atoms with E-state index in [1.54, 1.807) is 24.3 Å². The van der Waals surface area contributed by atoms with Gasteiger partial charge in [-0.3, -0.25) is 0 Å². The van der Waals surface area contributed by atoms with Crippen LogP contribution in [0.4, 0.5) is 8.78 Å². The van der Waals surface area contributed by atoms with Crippen molar-refractivity contribution in [3.63, 3.8) is 0 Å². The molecular formula is C32H26F2O2Zr.